The third-order valence-corrected chi connectivity index (χ3v) is 4.84. The summed E-state index contributed by atoms with van der Waals surface area (Å²) < 4.78 is 0. The Balaban J connectivity index is 1.80. The number of fused-ring (bicyclic) bond motifs is 2. The lowest BCUT2D eigenvalue weighted by Gasteiger charge is -2.30. The molecule has 0 aromatic carbocycles. The van der Waals surface area contributed by atoms with Crippen LogP contribution in [0.1, 0.15) is 34.8 Å². The van der Waals surface area contributed by atoms with E-state index in [1.165, 1.54) is 34.8 Å². The number of hydrogen-bond donors (Lipinski definition) is 0. The van der Waals surface area contributed by atoms with Crippen LogP contribution in [0.3, 0.4) is 0 Å². The molecule has 0 N–H and O–H groups in total. The molecule has 3 heteroatoms. The number of thiazole rings is 1. The van der Waals surface area contributed by atoms with Gasteiger partial charge in [0.15, 0.2) is 0 Å². The Kier molecular flexibility index (Phi) is 2.60. The smallest absolute Gasteiger partial charge is 0.0900 e. The molecular weight excluding hydrogens is 216 g/mol. The fourth-order valence-corrected chi connectivity index (χ4v) is 3.90. The van der Waals surface area contributed by atoms with E-state index in [9.17, 15) is 0 Å². The minimum Gasteiger partial charge on any atom is -0.289 e. The zero-order chi connectivity index (χ0) is 11.1. The van der Waals surface area contributed by atoms with Crippen LogP contribution in [0.2, 0.25) is 0 Å². The van der Waals surface area contributed by atoms with Gasteiger partial charge in [0.25, 0.3) is 0 Å². The summed E-state index contributed by atoms with van der Waals surface area (Å²) in [6, 6.07) is 1.48. The lowest BCUT2D eigenvalue weighted by atomic mass is 10.1. The summed E-state index contributed by atoms with van der Waals surface area (Å²) >= 11 is 1.86. The van der Waals surface area contributed by atoms with E-state index in [2.05, 4.69) is 35.9 Å². The van der Waals surface area contributed by atoms with Crippen LogP contribution in [-0.2, 0) is 6.54 Å². The topological polar surface area (TPSA) is 16.1 Å². The minimum atomic E-state index is 0.695. The SMILES string of the molecule is Cc1nc(C)c(CN2C3C=CCC2CC3)s1. The Morgan fingerprint density at radius 1 is 1.44 bits per heavy atom. The van der Waals surface area contributed by atoms with Crippen molar-refractivity contribution in [1.29, 1.82) is 0 Å². The Morgan fingerprint density at radius 3 is 3.00 bits per heavy atom. The average molecular weight is 234 g/mol. The van der Waals surface area contributed by atoms with Gasteiger partial charge in [-0.1, -0.05) is 12.2 Å². The Labute approximate surface area is 101 Å². The minimum absolute atomic E-state index is 0.695. The predicted molar refractivity (Wildman–Crippen MR) is 67.7 cm³/mol. The summed E-state index contributed by atoms with van der Waals surface area (Å²) in [5, 5.41) is 1.20. The van der Waals surface area contributed by atoms with Gasteiger partial charge in [-0.25, -0.2) is 4.98 Å². The molecule has 2 bridgehead atoms. The van der Waals surface area contributed by atoms with E-state index in [1.807, 2.05) is 11.3 Å². The standard InChI is InChI=1S/C13H18N2S/c1-9-13(16-10(2)14-9)8-15-11-4-3-5-12(15)7-6-11/h3-4,11-12H,5-8H2,1-2H3. The van der Waals surface area contributed by atoms with Crippen molar-refractivity contribution in [2.75, 3.05) is 0 Å². The van der Waals surface area contributed by atoms with Gasteiger partial charge in [-0.3, -0.25) is 4.90 Å². The normalized spacial score (nSPS) is 28.9. The van der Waals surface area contributed by atoms with Crippen LogP contribution < -0.4 is 0 Å². The van der Waals surface area contributed by atoms with E-state index < -0.39 is 0 Å². The van der Waals surface area contributed by atoms with Gasteiger partial charge in [-0.2, -0.15) is 0 Å². The maximum absolute atomic E-state index is 4.52. The monoisotopic (exact) mass is 234 g/mol. The molecule has 0 amide bonds. The predicted octanol–water partition coefficient (Wildman–Crippen LogP) is 3.05. The van der Waals surface area contributed by atoms with Crippen molar-refractivity contribution in [1.82, 2.24) is 9.88 Å². The number of aryl methyl sites for hydroxylation is 2. The quantitative estimate of drug-likeness (QED) is 0.731. The zero-order valence-corrected chi connectivity index (χ0v) is 10.8. The van der Waals surface area contributed by atoms with Crippen LogP contribution in [-0.4, -0.2) is 22.0 Å². The van der Waals surface area contributed by atoms with E-state index in [-0.39, 0.29) is 0 Å². The number of rotatable bonds is 2. The van der Waals surface area contributed by atoms with Crippen molar-refractivity contribution in [3.05, 3.63) is 27.7 Å². The fraction of sp³-hybridized carbons (Fsp3) is 0.615. The molecule has 3 heterocycles. The van der Waals surface area contributed by atoms with Crippen molar-refractivity contribution in [3.63, 3.8) is 0 Å². The van der Waals surface area contributed by atoms with Gasteiger partial charge >= 0.3 is 0 Å². The Morgan fingerprint density at radius 2 is 2.31 bits per heavy atom. The van der Waals surface area contributed by atoms with E-state index >= 15 is 0 Å². The van der Waals surface area contributed by atoms with Crippen LogP contribution in [0.4, 0.5) is 0 Å². The summed E-state index contributed by atoms with van der Waals surface area (Å²) in [5.74, 6) is 0. The van der Waals surface area contributed by atoms with Crippen LogP contribution in [0, 0.1) is 13.8 Å². The maximum Gasteiger partial charge on any atom is 0.0900 e. The highest BCUT2D eigenvalue weighted by Crippen LogP contribution is 2.34. The molecule has 0 radical (unpaired) electrons. The average Bonchev–Trinajstić information content (AvgIpc) is 2.67. The van der Waals surface area contributed by atoms with Gasteiger partial charge in [-0.15, -0.1) is 11.3 Å². The first-order valence-corrected chi connectivity index (χ1v) is 6.91. The molecule has 1 saturated heterocycles. The molecule has 16 heavy (non-hydrogen) atoms. The third-order valence-electron chi connectivity index (χ3n) is 3.78. The zero-order valence-electron chi connectivity index (χ0n) is 9.94. The summed E-state index contributed by atoms with van der Waals surface area (Å²) in [4.78, 5) is 8.65. The van der Waals surface area contributed by atoms with Crippen molar-refractivity contribution in [2.45, 2.75) is 51.7 Å². The third kappa shape index (κ3) is 1.72. The van der Waals surface area contributed by atoms with E-state index in [0.717, 1.165) is 12.6 Å². The molecule has 86 valence electrons. The lowest BCUT2D eigenvalue weighted by molar-refractivity contribution is 0.201. The van der Waals surface area contributed by atoms with Crippen molar-refractivity contribution in [2.24, 2.45) is 0 Å². The molecular formula is C13H18N2S. The van der Waals surface area contributed by atoms with Crippen LogP contribution in [0.5, 0.6) is 0 Å². The van der Waals surface area contributed by atoms with E-state index in [4.69, 9.17) is 0 Å². The van der Waals surface area contributed by atoms with Gasteiger partial charge in [0.2, 0.25) is 0 Å². The highest BCUT2D eigenvalue weighted by Gasteiger charge is 2.34. The first-order chi connectivity index (χ1) is 7.74. The fourth-order valence-electron chi connectivity index (χ4n) is 2.95. The molecule has 3 rings (SSSR count). The second kappa shape index (κ2) is 3.97. The molecule has 2 atom stereocenters. The van der Waals surface area contributed by atoms with Gasteiger partial charge in [-0.05, 0) is 33.1 Å². The van der Waals surface area contributed by atoms with Gasteiger partial charge in [0.1, 0.15) is 0 Å². The highest BCUT2D eigenvalue weighted by atomic mass is 32.1. The number of nitrogens with zero attached hydrogens (tertiary/aromatic N) is 2. The molecule has 2 unspecified atom stereocenters. The first kappa shape index (κ1) is 10.5. The molecule has 0 spiro atoms. The van der Waals surface area contributed by atoms with Crippen molar-refractivity contribution in [3.8, 4) is 0 Å². The van der Waals surface area contributed by atoms with Crippen LogP contribution in [0.15, 0.2) is 12.2 Å². The first-order valence-electron chi connectivity index (χ1n) is 6.09. The summed E-state index contributed by atoms with van der Waals surface area (Å²) in [6.45, 7) is 5.35. The number of hydrogen-bond acceptors (Lipinski definition) is 3. The molecule has 2 aliphatic heterocycles. The second-order valence-corrected chi connectivity index (χ2v) is 6.16. The van der Waals surface area contributed by atoms with E-state index in [0.29, 0.717) is 6.04 Å². The van der Waals surface area contributed by atoms with Gasteiger partial charge in [0, 0.05) is 23.5 Å². The molecule has 2 aliphatic rings. The molecule has 2 nitrogen and oxygen atoms in total. The molecule has 1 fully saturated rings. The molecule has 1 aromatic heterocycles. The Hall–Kier alpha value is -0.670. The van der Waals surface area contributed by atoms with Gasteiger partial charge in [0.05, 0.1) is 10.7 Å². The van der Waals surface area contributed by atoms with Crippen molar-refractivity contribution >= 4 is 11.3 Å². The molecule has 0 saturated carbocycles. The number of aromatic nitrogens is 1. The Bertz CT molecular complexity index is 422. The summed E-state index contributed by atoms with van der Waals surface area (Å²) in [6.07, 6.45) is 8.72. The maximum atomic E-state index is 4.52. The van der Waals surface area contributed by atoms with Gasteiger partial charge < -0.3 is 0 Å². The largest absolute Gasteiger partial charge is 0.289 e. The lowest BCUT2D eigenvalue weighted by Crippen LogP contribution is -2.36. The second-order valence-electron chi connectivity index (χ2n) is 4.88. The summed E-state index contributed by atoms with van der Waals surface area (Å²) in [5.41, 5.74) is 1.23. The summed E-state index contributed by atoms with van der Waals surface area (Å²) in [7, 11) is 0. The highest BCUT2D eigenvalue weighted by molar-refractivity contribution is 7.11. The van der Waals surface area contributed by atoms with Crippen LogP contribution >= 0.6 is 11.3 Å². The molecule has 0 aliphatic carbocycles. The molecule has 1 aromatic rings. The van der Waals surface area contributed by atoms with E-state index in [1.54, 1.807) is 0 Å². The van der Waals surface area contributed by atoms with Crippen molar-refractivity contribution < 1.29 is 0 Å². The van der Waals surface area contributed by atoms with Crippen LogP contribution in [0.25, 0.3) is 0 Å².